The SMILES string of the molecule is COn1c(=O)c(-c2c(Cl)cccc2Cl)cc2cnc(Nc3cc(CNCCN4CCCC4)n(C)c3)nc21. The van der Waals surface area contributed by atoms with E-state index in [1.807, 2.05) is 13.2 Å². The number of likely N-dealkylation sites (tertiary alicyclic amines) is 1. The molecule has 4 aromatic rings. The number of anilines is 2. The Morgan fingerprint density at radius 2 is 1.89 bits per heavy atom. The van der Waals surface area contributed by atoms with Gasteiger partial charge in [-0.05, 0) is 50.2 Å². The number of rotatable bonds is 9. The number of hydrogen-bond donors (Lipinski definition) is 2. The highest BCUT2D eigenvalue weighted by molar-refractivity contribution is 6.39. The summed E-state index contributed by atoms with van der Waals surface area (Å²) in [7, 11) is 3.42. The van der Waals surface area contributed by atoms with E-state index in [4.69, 9.17) is 28.0 Å². The molecule has 3 aromatic heterocycles. The molecule has 0 radical (unpaired) electrons. The van der Waals surface area contributed by atoms with Gasteiger partial charge in [-0.25, -0.2) is 4.98 Å². The topological polar surface area (TPSA) is 89.2 Å². The van der Waals surface area contributed by atoms with Crippen LogP contribution in [0.1, 0.15) is 18.5 Å². The molecule has 1 fully saturated rings. The predicted molar refractivity (Wildman–Crippen MR) is 148 cm³/mol. The van der Waals surface area contributed by atoms with Gasteiger partial charge in [0.25, 0.3) is 5.56 Å². The zero-order valence-corrected chi connectivity index (χ0v) is 22.3. The molecule has 0 spiro atoms. The van der Waals surface area contributed by atoms with Crippen LogP contribution in [0.4, 0.5) is 11.6 Å². The molecular formula is C26H29Cl2N7O2. The molecule has 194 valence electrons. The van der Waals surface area contributed by atoms with Crippen molar-refractivity contribution in [2.75, 3.05) is 38.6 Å². The number of aryl methyl sites for hydroxylation is 1. The van der Waals surface area contributed by atoms with E-state index in [2.05, 4.69) is 36.1 Å². The van der Waals surface area contributed by atoms with E-state index in [-0.39, 0.29) is 0 Å². The minimum absolute atomic E-state index is 0.305. The van der Waals surface area contributed by atoms with Crippen molar-refractivity contribution in [3.05, 3.63) is 68.8 Å². The molecule has 0 atom stereocenters. The maximum Gasteiger partial charge on any atom is 0.293 e. The molecule has 1 aliphatic rings. The summed E-state index contributed by atoms with van der Waals surface area (Å²) in [5, 5.41) is 8.11. The molecular weight excluding hydrogens is 513 g/mol. The van der Waals surface area contributed by atoms with E-state index in [1.54, 1.807) is 30.5 Å². The van der Waals surface area contributed by atoms with Crippen molar-refractivity contribution in [3.8, 4) is 11.1 Å². The molecule has 1 aliphatic heterocycles. The molecule has 0 bridgehead atoms. The van der Waals surface area contributed by atoms with Crippen LogP contribution < -0.4 is 21.0 Å². The van der Waals surface area contributed by atoms with E-state index >= 15 is 0 Å². The third-order valence-electron chi connectivity index (χ3n) is 6.59. The van der Waals surface area contributed by atoms with Gasteiger partial charge in [0.2, 0.25) is 5.95 Å². The molecule has 0 aliphatic carbocycles. The lowest BCUT2D eigenvalue weighted by molar-refractivity contribution is 0.168. The van der Waals surface area contributed by atoms with Crippen molar-refractivity contribution in [2.45, 2.75) is 19.4 Å². The van der Waals surface area contributed by atoms with Gasteiger partial charge in [-0.3, -0.25) is 4.79 Å². The van der Waals surface area contributed by atoms with Crippen LogP contribution in [-0.2, 0) is 13.6 Å². The fourth-order valence-corrected chi connectivity index (χ4v) is 5.28. The molecule has 5 rings (SSSR count). The first-order valence-corrected chi connectivity index (χ1v) is 13.0. The Morgan fingerprint density at radius 1 is 1.14 bits per heavy atom. The summed E-state index contributed by atoms with van der Waals surface area (Å²) in [5.74, 6) is 0.348. The maximum absolute atomic E-state index is 13.3. The van der Waals surface area contributed by atoms with Crippen molar-refractivity contribution < 1.29 is 4.84 Å². The molecule has 0 amide bonds. The lowest BCUT2D eigenvalue weighted by atomic mass is 10.1. The van der Waals surface area contributed by atoms with Crippen LogP contribution in [-0.4, -0.2) is 57.5 Å². The van der Waals surface area contributed by atoms with Crippen molar-refractivity contribution >= 4 is 45.9 Å². The van der Waals surface area contributed by atoms with Crippen molar-refractivity contribution in [1.82, 2.24) is 29.5 Å². The summed E-state index contributed by atoms with van der Waals surface area (Å²) in [4.78, 5) is 30.2. The number of pyridine rings is 1. The van der Waals surface area contributed by atoms with Gasteiger partial charge in [0.1, 0.15) is 7.11 Å². The maximum atomic E-state index is 13.3. The molecule has 37 heavy (non-hydrogen) atoms. The van der Waals surface area contributed by atoms with E-state index in [0.29, 0.717) is 38.2 Å². The van der Waals surface area contributed by atoms with Crippen LogP contribution in [0, 0.1) is 0 Å². The summed E-state index contributed by atoms with van der Waals surface area (Å²) in [6, 6.07) is 8.83. The highest BCUT2D eigenvalue weighted by Crippen LogP contribution is 2.33. The van der Waals surface area contributed by atoms with Crippen molar-refractivity contribution in [1.29, 1.82) is 0 Å². The minimum Gasteiger partial charge on any atom is -0.412 e. The molecule has 0 saturated carbocycles. The fraction of sp³-hybridized carbons (Fsp3) is 0.346. The standard InChI is InChI=1S/C26H29Cl2N7O2/c1-33-16-18(13-19(33)15-29-8-11-34-9-3-4-10-34)31-26-30-14-17-12-20(23-21(27)6-5-7-22(23)28)25(36)35(37-2)24(17)32-26/h5-7,12-14,16,29H,3-4,8-11,15H2,1-2H3,(H,30,31,32). The van der Waals surface area contributed by atoms with Crippen LogP contribution in [0.25, 0.3) is 22.2 Å². The van der Waals surface area contributed by atoms with Crippen LogP contribution in [0.15, 0.2) is 47.5 Å². The second-order valence-corrected chi connectivity index (χ2v) is 9.91. The van der Waals surface area contributed by atoms with Crippen molar-refractivity contribution in [3.63, 3.8) is 0 Å². The van der Waals surface area contributed by atoms with Gasteiger partial charge in [-0.1, -0.05) is 29.3 Å². The zero-order chi connectivity index (χ0) is 25.9. The summed E-state index contributed by atoms with van der Waals surface area (Å²) in [6.07, 6.45) is 6.23. The zero-order valence-electron chi connectivity index (χ0n) is 20.8. The van der Waals surface area contributed by atoms with Crippen molar-refractivity contribution in [2.24, 2.45) is 7.05 Å². The van der Waals surface area contributed by atoms with Crippen LogP contribution in [0.2, 0.25) is 10.0 Å². The number of nitrogens with zero attached hydrogens (tertiary/aromatic N) is 5. The molecule has 9 nitrogen and oxygen atoms in total. The average molecular weight is 542 g/mol. The molecule has 1 saturated heterocycles. The van der Waals surface area contributed by atoms with Gasteiger partial charge in [0, 0.05) is 55.7 Å². The van der Waals surface area contributed by atoms with Crippen LogP contribution in [0.5, 0.6) is 0 Å². The summed E-state index contributed by atoms with van der Waals surface area (Å²) < 4.78 is 3.19. The Morgan fingerprint density at radius 3 is 2.62 bits per heavy atom. The monoisotopic (exact) mass is 541 g/mol. The van der Waals surface area contributed by atoms with E-state index < -0.39 is 5.56 Å². The van der Waals surface area contributed by atoms with E-state index in [9.17, 15) is 4.79 Å². The first-order valence-electron chi connectivity index (χ1n) is 12.2. The third kappa shape index (κ3) is 5.45. The lowest BCUT2D eigenvalue weighted by Crippen LogP contribution is -2.30. The fourth-order valence-electron chi connectivity index (χ4n) is 4.68. The Balaban J connectivity index is 1.36. The lowest BCUT2D eigenvalue weighted by Gasteiger charge is -2.14. The van der Waals surface area contributed by atoms with Crippen LogP contribution in [0.3, 0.4) is 0 Å². The number of benzene rings is 1. The Labute approximate surface area is 224 Å². The Kier molecular flexibility index (Phi) is 7.66. The summed E-state index contributed by atoms with van der Waals surface area (Å²) in [6.45, 7) is 5.21. The normalized spacial score (nSPS) is 13.9. The first-order chi connectivity index (χ1) is 17.9. The molecule has 4 heterocycles. The van der Waals surface area contributed by atoms with Crippen LogP contribution >= 0.6 is 23.2 Å². The Bertz CT molecular complexity index is 1460. The van der Waals surface area contributed by atoms with E-state index in [1.165, 1.54) is 33.0 Å². The number of aromatic nitrogens is 4. The number of fused-ring (bicyclic) bond motifs is 1. The summed E-state index contributed by atoms with van der Waals surface area (Å²) in [5.41, 5.74) is 2.65. The largest absolute Gasteiger partial charge is 0.412 e. The highest BCUT2D eigenvalue weighted by Gasteiger charge is 2.18. The quantitative estimate of drug-likeness (QED) is 0.308. The highest BCUT2D eigenvalue weighted by atomic mass is 35.5. The predicted octanol–water partition coefficient (Wildman–Crippen LogP) is 4.09. The smallest absolute Gasteiger partial charge is 0.293 e. The van der Waals surface area contributed by atoms with Gasteiger partial charge in [0.15, 0.2) is 5.65 Å². The molecule has 11 heteroatoms. The van der Waals surface area contributed by atoms with Gasteiger partial charge >= 0.3 is 0 Å². The van der Waals surface area contributed by atoms with Gasteiger partial charge in [-0.15, -0.1) is 4.73 Å². The number of hydrogen-bond acceptors (Lipinski definition) is 7. The third-order valence-corrected chi connectivity index (χ3v) is 7.22. The first kappa shape index (κ1) is 25.5. The molecule has 1 aromatic carbocycles. The van der Waals surface area contributed by atoms with Gasteiger partial charge < -0.3 is 24.9 Å². The second kappa shape index (κ2) is 11.1. The van der Waals surface area contributed by atoms with Gasteiger partial charge in [0.05, 0.1) is 21.3 Å². The molecule has 0 unspecified atom stereocenters. The number of nitrogens with one attached hydrogen (secondary N) is 2. The Hall–Kier alpha value is -3.11. The molecule has 2 N–H and O–H groups in total. The average Bonchev–Trinajstić information content (AvgIpc) is 3.51. The second-order valence-electron chi connectivity index (χ2n) is 9.09. The summed E-state index contributed by atoms with van der Waals surface area (Å²) >= 11 is 12.7. The van der Waals surface area contributed by atoms with E-state index in [0.717, 1.165) is 35.7 Å². The van der Waals surface area contributed by atoms with Gasteiger partial charge in [-0.2, -0.15) is 4.98 Å². The minimum atomic E-state index is -0.420. The number of halogens is 2.